The number of amides is 2. The van der Waals surface area contributed by atoms with E-state index < -0.39 is 0 Å². The minimum absolute atomic E-state index is 0.241. The fourth-order valence-corrected chi connectivity index (χ4v) is 3.52. The molecule has 6 nitrogen and oxygen atoms in total. The first kappa shape index (κ1) is 18.3. The smallest absolute Gasteiger partial charge is 0.327 e. The van der Waals surface area contributed by atoms with Crippen molar-refractivity contribution in [3.8, 4) is 16.6 Å². The fraction of sp³-hybridized carbons (Fsp3) is 0.238. The van der Waals surface area contributed by atoms with Crippen LogP contribution in [-0.4, -0.2) is 25.2 Å². The number of nitrogens with zero attached hydrogens (tertiary/aromatic N) is 2. The summed E-state index contributed by atoms with van der Waals surface area (Å²) < 4.78 is 11.0. The van der Waals surface area contributed by atoms with Crippen LogP contribution in [0.5, 0.6) is 16.6 Å². The minimum Gasteiger partial charge on any atom is -0.497 e. The third kappa shape index (κ3) is 4.26. The lowest BCUT2D eigenvalue weighted by Crippen LogP contribution is -2.31. The second-order valence-electron chi connectivity index (χ2n) is 6.62. The van der Waals surface area contributed by atoms with E-state index in [1.165, 1.54) is 29.7 Å². The Morgan fingerprint density at radius 2 is 1.96 bits per heavy atom. The topological polar surface area (TPSA) is 63.7 Å². The molecule has 144 valence electrons. The molecule has 0 unspecified atom stereocenters. The fourth-order valence-electron chi connectivity index (χ4n) is 2.84. The molecule has 1 aliphatic rings. The SMILES string of the molecule is COc1cccc(Oc2cnc(NC(=O)N(C)c3cccc(C4CC4)c3)s2)c1. The van der Waals surface area contributed by atoms with Crippen molar-refractivity contribution in [1.82, 2.24) is 4.98 Å². The van der Waals surface area contributed by atoms with Gasteiger partial charge in [0.05, 0.1) is 13.3 Å². The summed E-state index contributed by atoms with van der Waals surface area (Å²) in [4.78, 5) is 18.4. The van der Waals surface area contributed by atoms with Gasteiger partial charge >= 0.3 is 6.03 Å². The second kappa shape index (κ2) is 7.90. The third-order valence-electron chi connectivity index (χ3n) is 4.57. The van der Waals surface area contributed by atoms with Crippen LogP contribution in [0, 0.1) is 0 Å². The molecule has 2 amide bonds. The Hall–Kier alpha value is -3.06. The summed E-state index contributed by atoms with van der Waals surface area (Å²) in [6.45, 7) is 0. The molecular weight excluding hydrogens is 374 g/mol. The largest absolute Gasteiger partial charge is 0.497 e. The molecule has 1 aromatic heterocycles. The monoisotopic (exact) mass is 395 g/mol. The van der Waals surface area contributed by atoms with E-state index in [-0.39, 0.29) is 6.03 Å². The molecule has 2 aromatic carbocycles. The van der Waals surface area contributed by atoms with Crippen molar-refractivity contribution in [3.63, 3.8) is 0 Å². The summed E-state index contributed by atoms with van der Waals surface area (Å²) in [6.07, 6.45) is 4.05. The normalized spacial score (nSPS) is 13.1. The predicted molar refractivity (Wildman–Crippen MR) is 111 cm³/mol. The zero-order valence-electron chi connectivity index (χ0n) is 15.7. The maximum atomic E-state index is 12.6. The van der Waals surface area contributed by atoms with Crippen molar-refractivity contribution in [2.75, 3.05) is 24.4 Å². The molecule has 0 aliphatic heterocycles. The molecule has 0 atom stereocenters. The first-order valence-electron chi connectivity index (χ1n) is 9.05. The first-order chi connectivity index (χ1) is 13.6. The van der Waals surface area contributed by atoms with Gasteiger partial charge in [-0.15, -0.1) is 0 Å². The Bertz CT molecular complexity index is 984. The van der Waals surface area contributed by atoms with E-state index >= 15 is 0 Å². The molecule has 0 radical (unpaired) electrons. The maximum absolute atomic E-state index is 12.6. The van der Waals surface area contributed by atoms with Crippen LogP contribution in [0.15, 0.2) is 54.7 Å². The number of carbonyl (C=O) groups excluding carboxylic acids is 1. The van der Waals surface area contributed by atoms with E-state index in [0.717, 1.165) is 5.69 Å². The van der Waals surface area contributed by atoms with Crippen molar-refractivity contribution >= 4 is 28.2 Å². The average Bonchev–Trinajstić information content (AvgIpc) is 3.49. The number of anilines is 2. The van der Waals surface area contributed by atoms with Crippen molar-refractivity contribution in [1.29, 1.82) is 0 Å². The number of ether oxygens (including phenoxy) is 2. The van der Waals surface area contributed by atoms with Crippen LogP contribution >= 0.6 is 11.3 Å². The molecule has 0 saturated heterocycles. The molecule has 0 spiro atoms. The molecule has 4 rings (SSSR count). The Morgan fingerprint density at radius 1 is 1.18 bits per heavy atom. The van der Waals surface area contributed by atoms with Gasteiger partial charge in [0.1, 0.15) is 11.5 Å². The molecule has 1 N–H and O–H groups in total. The number of thiazole rings is 1. The summed E-state index contributed by atoms with van der Waals surface area (Å²) in [5.74, 6) is 2.01. The first-order valence-corrected chi connectivity index (χ1v) is 9.86. The van der Waals surface area contributed by atoms with Gasteiger partial charge in [-0.1, -0.05) is 29.5 Å². The molecule has 1 fully saturated rings. The van der Waals surface area contributed by atoms with Crippen LogP contribution < -0.4 is 19.7 Å². The lowest BCUT2D eigenvalue weighted by atomic mass is 10.1. The number of benzene rings is 2. The lowest BCUT2D eigenvalue weighted by Gasteiger charge is -2.18. The van der Waals surface area contributed by atoms with Crippen LogP contribution in [0.1, 0.15) is 24.3 Å². The number of hydrogen-bond acceptors (Lipinski definition) is 5. The molecule has 7 heteroatoms. The summed E-state index contributed by atoms with van der Waals surface area (Å²) in [5.41, 5.74) is 2.16. The summed E-state index contributed by atoms with van der Waals surface area (Å²) in [7, 11) is 3.36. The van der Waals surface area contributed by atoms with Crippen LogP contribution in [0.4, 0.5) is 15.6 Å². The van der Waals surface area contributed by atoms with Crippen molar-refractivity contribution in [3.05, 3.63) is 60.3 Å². The molecular formula is C21H21N3O3S. The Morgan fingerprint density at radius 3 is 2.75 bits per heavy atom. The van der Waals surface area contributed by atoms with Crippen LogP contribution in [0.25, 0.3) is 0 Å². The molecule has 28 heavy (non-hydrogen) atoms. The Labute approximate surface area is 167 Å². The van der Waals surface area contributed by atoms with E-state index in [1.807, 2.05) is 30.3 Å². The number of urea groups is 1. The highest BCUT2D eigenvalue weighted by atomic mass is 32.1. The third-order valence-corrected chi connectivity index (χ3v) is 5.36. The standard InChI is InChI=1S/C21H21N3O3S/c1-24(16-6-3-5-15(11-16)14-9-10-14)21(25)23-20-22-13-19(28-20)27-18-8-4-7-17(12-18)26-2/h3-8,11-14H,9-10H2,1-2H3,(H,22,23,25). The van der Waals surface area contributed by atoms with Gasteiger partial charge in [0, 0.05) is 18.8 Å². The highest BCUT2D eigenvalue weighted by Gasteiger charge is 2.24. The van der Waals surface area contributed by atoms with Gasteiger partial charge in [-0.2, -0.15) is 0 Å². The Kier molecular flexibility index (Phi) is 5.16. The summed E-state index contributed by atoms with van der Waals surface area (Å²) >= 11 is 1.27. The molecule has 1 aliphatic carbocycles. The van der Waals surface area contributed by atoms with E-state index in [1.54, 1.807) is 31.3 Å². The number of hydrogen-bond donors (Lipinski definition) is 1. The molecule has 0 bridgehead atoms. The van der Waals surface area contributed by atoms with Gasteiger partial charge < -0.3 is 9.47 Å². The van der Waals surface area contributed by atoms with Gasteiger partial charge in [-0.05, 0) is 48.6 Å². The van der Waals surface area contributed by atoms with Crippen LogP contribution in [-0.2, 0) is 0 Å². The van der Waals surface area contributed by atoms with Crippen LogP contribution in [0.2, 0.25) is 0 Å². The average molecular weight is 395 g/mol. The van der Waals surface area contributed by atoms with Gasteiger partial charge in [0.15, 0.2) is 5.13 Å². The molecule has 3 aromatic rings. The number of carbonyl (C=O) groups is 1. The van der Waals surface area contributed by atoms with Gasteiger partial charge in [0.25, 0.3) is 0 Å². The van der Waals surface area contributed by atoms with Gasteiger partial charge in [-0.25, -0.2) is 9.78 Å². The molecule has 1 heterocycles. The highest BCUT2D eigenvalue weighted by Crippen LogP contribution is 2.41. The van der Waals surface area contributed by atoms with Crippen molar-refractivity contribution in [2.45, 2.75) is 18.8 Å². The predicted octanol–water partition coefficient (Wildman–Crippen LogP) is 5.49. The number of methoxy groups -OCH3 is 1. The zero-order valence-corrected chi connectivity index (χ0v) is 16.5. The molecule has 1 saturated carbocycles. The zero-order chi connectivity index (χ0) is 19.5. The van der Waals surface area contributed by atoms with E-state index in [4.69, 9.17) is 9.47 Å². The van der Waals surface area contributed by atoms with E-state index in [0.29, 0.717) is 27.6 Å². The number of rotatable bonds is 6. The van der Waals surface area contributed by atoms with E-state index in [2.05, 4.69) is 22.4 Å². The minimum atomic E-state index is -0.241. The Balaban J connectivity index is 1.40. The lowest BCUT2D eigenvalue weighted by molar-refractivity contribution is 0.258. The van der Waals surface area contributed by atoms with Crippen molar-refractivity contribution < 1.29 is 14.3 Å². The summed E-state index contributed by atoms with van der Waals surface area (Å²) in [5, 5.41) is 3.89. The maximum Gasteiger partial charge on any atom is 0.327 e. The highest BCUT2D eigenvalue weighted by molar-refractivity contribution is 7.17. The number of aromatic nitrogens is 1. The second-order valence-corrected chi connectivity index (χ2v) is 7.62. The quantitative estimate of drug-likeness (QED) is 0.599. The van der Waals surface area contributed by atoms with Gasteiger partial charge in [0.2, 0.25) is 5.06 Å². The van der Waals surface area contributed by atoms with E-state index in [9.17, 15) is 4.79 Å². The van der Waals surface area contributed by atoms with Crippen molar-refractivity contribution in [2.24, 2.45) is 0 Å². The van der Waals surface area contributed by atoms with Crippen LogP contribution in [0.3, 0.4) is 0 Å². The number of nitrogens with one attached hydrogen (secondary N) is 1. The van der Waals surface area contributed by atoms with Gasteiger partial charge in [-0.3, -0.25) is 10.2 Å². The summed E-state index contributed by atoms with van der Waals surface area (Å²) in [6, 6.07) is 15.2.